The number of carbonyl (C=O) groups is 4. The minimum atomic E-state index is -1.07. The Morgan fingerprint density at radius 1 is 0.889 bits per heavy atom. The number of para-hydroxylation sites is 1. The third kappa shape index (κ3) is 7.43. The Morgan fingerprint density at radius 2 is 1.50 bits per heavy atom. The Hall–Kier alpha value is -4.14. The summed E-state index contributed by atoms with van der Waals surface area (Å²) in [6.07, 6.45) is 0.270. The predicted molar refractivity (Wildman–Crippen MR) is 129 cm³/mol. The van der Waals surface area contributed by atoms with Crippen molar-refractivity contribution in [3.63, 3.8) is 0 Å². The molecule has 2 aromatic carbocycles. The Morgan fingerprint density at radius 3 is 2.08 bits per heavy atom. The number of hydrogen-bond acceptors (Lipinski definition) is 8. The van der Waals surface area contributed by atoms with Gasteiger partial charge in [-0.2, -0.15) is 0 Å². The molecule has 9 nitrogen and oxygen atoms in total. The highest BCUT2D eigenvalue weighted by Crippen LogP contribution is 2.29. The second-order valence-electron chi connectivity index (χ2n) is 8.20. The van der Waals surface area contributed by atoms with E-state index in [0.29, 0.717) is 12.3 Å². The molecule has 2 aromatic rings. The fourth-order valence-electron chi connectivity index (χ4n) is 3.73. The first-order valence-electron chi connectivity index (χ1n) is 11.5. The SMILES string of the molecule is CC(=O)OC[C@@H](OC(C)=O)[C@H](/C=C/[C@@H]1[C@H](Oc2ccccc2)C(=O)N1Cc1ccccc1)OC(C)=O. The van der Waals surface area contributed by atoms with Gasteiger partial charge in [0.1, 0.15) is 12.4 Å². The van der Waals surface area contributed by atoms with Crippen LogP contribution < -0.4 is 4.74 Å². The molecule has 1 fully saturated rings. The number of β-lactam (4-membered cyclic amide) rings is 1. The Kier molecular flexibility index (Phi) is 9.21. The topological polar surface area (TPSA) is 108 Å². The van der Waals surface area contributed by atoms with Gasteiger partial charge in [-0.15, -0.1) is 0 Å². The average Bonchev–Trinajstić information content (AvgIpc) is 2.85. The fourth-order valence-corrected chi connectivity index (χ4v) is 3.73. The summed E-state index contributed by atoms with van der Waals surface area (Å²) in [7, 11) is 0. The summed E-state index contributed by atoms with van der Waals surface area (Å²) < 4.78 is 21.6. The van der Waals surface area contributed by atoms with Gasteiger partial charge in [0.15, 0.2) is 12.2 Å². The van der Waals surface area contributed by atoms with E-state index in [4.69, 9.17) is 18.9 Å². The number of likely N-dealkylation sites (tertiary alicyclic amines) is 1. The average molecular weight is 496 g/mol. The second-order valence-corrected chi connectivity index (χ2v) is 8.20. The van der Waals surface area contributed by atoms with E-state index in [2.05, 4.69) is 0 Å². The van der Waals surface area contributed by atoms with Crippen molar-refractivity contribution in [2.45, 2.75) is 51.7 Å². The Labute approximate surface area is 209 Å². The first-order valence-corrected chi connectivity index (χ1v) is 11.5. The zero-order valence-electron chi connectivity index (χ0n) is 20.4. The van der Waals surface area contributed by atoms with Gasteiger partial charge in [-0.3, -0.25) is 19.2 Å². The van der Waals surface area contributed by atoms with E-state index in [9.17, 15) is 19.2 Å². The van der Waals surface area contributed by atoms with Crippen LogP contribution in [-0.4, -0.2) is 59.7 Å². The first-order chi connectivity index (χ1) is 17.2. The Bertz CT molecular complexity index is 1030. The van der Waals surface area contributed by atoms with Crippen LogP contribution in [0, 0.1) is 0 Å². The molecule has 0 bridgehead atoms. The summed E-state index contributed by atoms with van der Waals surface area (Å²) in [4.78, 5) is 49.4. The predicted octanol–water partition coefficient (Wildman–Crippen LogP) is 2.83. The third-order valence-corrected chi connectivity index (χ3v) is 5.33. The lowest BCUT2D eigenvalue weighted by molar-refractivity contribution is -0.169. The van der Waals surface area contributed by atoms with Gasteiger partial charge in [0.05, 0.1) is 6.04 Å². The molecule has 3 rings (SSSR count). The molecule has 0 N–H and O–H groups in total. The summed E-state index contributed by atoms with van der Waals surface area (Å²) in [6, 6.07) is 18.0. The number of rotatable bonds is 11. The molecule has 9 heteroatoms. The molecule has 36 heavy (non-hydrogen) atoms. The van der Waals surface area contributed by atoms with E-state index >= 15 is 0 Å². The van der Waals surface area contributed by atoms with Gasteiger partial charge in [-0.05, 0) is 23.8 Å². The second kappa shape index (κ2) is 12.5. The van der Waals surface area contributed by atoms with Crippen LogP contribution in [0.5, 0.6) is 5.75 Å². The maximum atomic E-state index is 13.0. The normalized spacial score (nSPS) is 18.6. The van der Waals surface area contributed by atoms with Gasteiger partial charge in [0.2, 0.25) is 6.10 Å². The minimum Gasteiger partial charge on any atom is -0.478 e. The van der Waals surface area contributed by atoms with Gasteiger partial charge >= 0.3 is 17.9 Å². The maximum absolute atomic E-state index is 13.0. The van der Waals surface area contributed by atoms with Crippen LogP contribution in [0.4, 0.5) is 0 Å². The van der Waals surface area contributed by atoms with Crippen LogP contribution in [-0.2, 0) is 39.9 Å². The van der Waals surface area contributed by atoms with E-state index in [-0.39, 0.29) is 12.5 Å². The lowest BCUT2D eigenvalue weighted by Gasteiger charge is -2.45. The maximum Gasteiger partial charge on any atom is 0.303 e. The molecule has 1 amide bonds. The molecule has 190 valence electrons. The largest absolute Gasteiger partial charge is 0.478 e. The number of carbonyl (C=O) groups excluding carboxylic acids is 4. The third-order valence-electron chi connectivity index (χ3n) is 5.33. The molecular formula is C27H29NO8. The Balaban J connectivity index is 1.86. The van der Waals surface area contributed by atoms with Crippen molar-refractivity contribution in [1.29, 1.82) is 0 Å². The minimum absolute atomic E-state index is 0.196. The van der Waals surface area contributed by atoms with Crippen molar-refractivity contribution in [3.05, 3.63) is 78.4 Å². The highest BCUT2D eigenvalue weighted by atomic mass is 16.6. The van der Waals surface area contributed by atoms with Crippen molar-refractivity contribution < 1.29 is 38.1 Å². The lowest BCUT2D eigenvalue weighted by Crippen LogP contribution is -2.65. The molecule has 4 atom stereocenters. The van der Waals surface area contributed by atoms with E-state index in [1.807, 2.05) is 36.4 Å². The molecule has 0 spiro atoms. The van der Waals surface area contributed by atoms with Gasteiger partial charge < -0.3 is 23.8 Å². The molecule has 0 saturated carbocycles. The van der Waals surface area contributed by atoms with E-state index in [1.54, 1.807) is 35.2 Å². The molecular weight excluding hydrogens is 466 g/mol. The van der Waals surface area contributed by atoms with E-state index < -0.39 is 42.3 Å². The van der Waals surface area contributed by atoms with Crippen molar-refractivity contribution in [2.75, 3.05) is 6.61 Å². The summed E-state index contributed by atoms with van der Waals surface area (Å²) >= 11 is 0. The molecule has 1 aliphatic heterocycles. The van der Waals surface area contributed by atoms with Crippen LogP contribution in [0.15, 0.2) is 72.8 Å². The van der Waals surface area contributed by atoms with Crippen molar-refractivity contribution in [2.24, 2.45) is 0 Å². The van der Waals surface area contributed by atoms with E-state index in [0.717, 1.165) is 5.56 Å². The summed E-state index contributed by atoms with van der Waals surface area (Å²) in [6.45, 7) is 3.67. The van der Waals surface area contributed by atoms with Crippen molar-refractivity contribution >= 4 is 23.8 Å². The number of ether oxygens (including phenoxy) is 4. The lowest BCUT2D eigenvalue weighted by atomic mass is 9.95. The molecule has 1 heterocycles. The standard InChI is InChI=1S/C27H29NO8/c1-18(29)33-17-25(35-20(3)31)24(34-19(2)30)15-14-23-26(36-22-12-8-5-9-13-22)27(32)28(23)16-21-10-6-4-7-11-21/h4-15,23-26H,16-17H2,1-3H3/b15-14+/t23-,24+,25-,26+/m1/s1. The zero-order chi connectivity index (χ0) is 26.1. The quantitative estimate of drug-likeness (QED) is 0.203. The molecule has 1 saturated heterocycles. The van der Waals surface area contributed by atoms with Gasteiger partial charge in [-0.25, -0.2) is 0 Å². The highest BCUT2D eigenvalue weighted by molar-refractivity contribution is 5.89. The van der Waals surface area contributed by atoms with Gasteiger partial charge in [0.25, 0.3) is 5.91 Å². The monoisotopic (exact) mass is 495 g/mol. The number of nitrogens with zero attached hydrogens (tertiary/aromatic N) is 1. The highest BCUT2D eigenvalue weighted by Gasteiger charge is 2.48. The summed E-state index contributed by atoms with van der Waals surface area (Å²) in [5, 5.41) is 0. The van der Waals surface area contributed by atoms with Crippen LogP contribution >= 0.6 is 0 Å². The van der Waals surface area contributed by atoms with E-state index in [1.165, 1.54) is 26.8 Å². The van der Waals surface area contributed by atoms with Gasteiger partial charge in [-0.1, -0.05) is 54.6 Å². The smallest absolute Gasteiger partial charge is 0.303 e. The van der Waals surface area contributed by atoms with Crippen LogP contribution in [0.2, 0.25) is 0 Å². The van der Waals surface area contributed by atoms with Crippen LogP contribution in [0.1, 0.15) is 26.3 Å². The number of esters is 3. The number of benzene rings is 2. The number of amides is 1. The summed E-state index contributed by atoms with van der Waals surface area (Å²) in [5.74, 6) is -1.48. The molecule has 0 unspecified atom stereocenters. The molecule has 0 aromatic heterocycles. The fraction of sp³-hybridized carbons (Fsp3) is 0.333. The first kappa shape index (κ1) is 26.5. The number of hydrogen-bond donors (Lipinski definition) is 0. The van der Waals surface area contributed by atoms with Crippen LogP contribution in [0.3, 0.4) is 0 Å². The molecule has 1 aliphatic rings. The zero-order valence-corrected chi connectivity index (χ0v) is 20.4. The van der Waals surface area contributed by atoms with Crippen molar-refractivity contribution in [1.82, 2.24) is 4.90 Å². The van der Waals surface area contributed by atoms with Gasteiger partial charge in [0, 0.05) is 27.3 Å². The van der Waals surface area contributed by atoms with Crippen LogP contribution in [0.25, 0.3) is 0 Å². The summed E-state index contributed by atoms with van der Waals surface area (Å²) in [5.41, 5.74) is 0.937. The van der Waals surface area contributed by atoms with Crippen molar-refractivity contribution in [3.8, 4) is 5.75 Å². The molecule has 0 aliphatic carbocycles. The molecule has 0 radical (unpaired) electrons.